The largest absolute Gasteiger partial charge is 0.487 e. The van der Waals surface area contributed by atoms with Gasteiger partial charge in [-0.1, -0.05) is 18.2 Å². The molecule has 5 N–H and O–H groups in total. The Labute approximate surface area is 256 Å². The Balaban J connectivity index is 1.41. The third-order valence-corrected chi connectivity index (χ3v) is 7.51. The maximum absolute atomic E-state index is 13.1. The number of carboxylic acid groups (broad SMARTS) is 1. The molecule has 1 aliphatic carbocycles. The lowest BCUT2D eigenvalue weighted by Gasteiger charge is -2.38. The van der Waals surface area contributed by atoms with Crippen LogP contribution in [0.1, 0.15) is 55.0 Å². The van der Waals surface area contributed by atoms with Gasteiger partial charge in [0.1, 0.15) is 23.9 Å². The van der Waals surface area contributed by atoms with Gasteiger partial charge in [-0.05, 0) is 68.0 Å². The summed E-state index contributed by atoms with van der Waals surface area (Å²) < 4.78 is 47.4. The van der Waals surface area contributed by atoms with E-state index in [0.29, 0.717) is 17.7 Å². The molecule has 0 bridgehead atoms. The minimum absolute atomic E-state index is 0.0445. The molecule has 5 rings (SSSR count). The lowest BCUT2D eigenvalue weighted by molar-refractivity contribution is -0.271. The van der Waals surface area contributed by atoms with Crippen LogP contribution in [0.15, 0.2) is 54.9 Å². The van der Waals surface area contributed by atoms with Crippen molar-refractivity contribution >= 4 is 5.97 Å². The number of alkyl halides is 2. The molecule has 6 atom stereocenters. The first-order valence-corrected chi connectivity index (χ1v) is 14.3. The first-order valence-electron chi connectivity index (χ1n) is 14.3. The molecule has 5 unspecified atom stereocenters. The van der Waals surface area contributed by atoms with E-state index in [1.54, 1.807) is 44.3 Å². The Morgan fingerprint density at radius 1 is 0.956 bits per heavy atom. The van der Waals surface area contributed by atoms with Gasteiger partial charge in [0.2, 0.25) is 12.2 Å². The van der Waals surface area contributed by atoms with E-state index in [4.69, 9.17) is 14.2 Å². The number of aliphatic hydroxyl groups excluding tert-OH is 3. The summed E-state index contributed by atoms with van der Waals surface area (Å²) in [6.45, 7) is 0.210. The summed E-state index contributed by atoms with van der Waals surface area (Å²) in [5.41, 5.74) is 1.48. The van der Waals surface area contributed by atoms with Crippen molar-refractivity contribution in [1.82, 2.24) is 9.97 Å². The number of carbonyl (C=O) groups is 1. The third kappa shape index (κ3) is 7.83. The zero-order valence-electron chi connectivity index (χ0n) is 24.4. The number of pyridine rings is 2. The second-order valence-electron chi connectivity index (χ2n) is 11.6. The highest BCUT2D eigenvalue weighted by Crippen LogP contribution is 2.39. The third-order valence-electron chi connectivity index (χ3n) is 7.51. The first kappa shape index (κ1) is 32.4. The van der Waals surface area contributed by atoms with Gasteiger partial charge in [-0.3, -0.25) is 4.98 Å². The topological polar surface area (TPSA) is 181 Å². The van der Waals surface area contributed by atoms with E-state index in [-0.39, 0.29) is 29.4 Å². The van der Waals surface area contributed by atoms with Gasteiger partial charge in [0.05, 0.1) is 11.8 Å². The molecule has 242 valence electrons. The zero-order chi connectivity index (χ0) is 32.5. The number of benzene rings is 1. The van der Waals surface area contributed by atoms with Crippen LogP contribution >= 0.6 is 0 Å². The number of nitrogens with zero attached hydrogens (tertiary/aromatic N) is 2. The second kappa shape index (κ2) is 13.2. The average molecular weight is 633 g/mol. The van der Waals surface area contributed by atoms with Crippen LogP contribution in [0.3, 0.4) is 0 Å². The molecule has 12 nitrogen and oxygen atoms in total. The molecule has 3 aromatic rings. The summed E-state index contributed by atoms with van der Waals surface area (Å²) in [5, 5.41) is 49.8. The van der Waals surface area contributed by atoms with Crippen LogP contribution in [-0.4, -0.2) is 84.9 Å². The lowest BCUT2D eigenvalue weighted by Crippen LogP contribution is -2.61. The summed E-state index contributed by atoms with van der Waals surface area (Å²) >= 11 is 0. The van der Waals surface area contributed by atoms with Crippen molar-refractivity contribution in [2.75, 3.05) is 0 Å². The zero-order valence-corrected chi connectivity index (χ0v) is 24.4. The monoisotopic (exact) mass is 632 g/mol. The number of aromatic nitrogens is 2. The van der Waals surface area contributed by atoms with Crippen LogP contribution in [0, 0.1) is 0 Å². The van der Waals surface area contributed by atoms with Crippen LogP contribution in [-0.2, 0) is 21.6 Å². The average Bonchev–Trinajstić information content (AvgIpc) is 3.81. The van der Waals surface area contributed by atoms with E-state index in [2.05, 4.69) is 14.7 Å². The van der Waals surface area contributed by atoms with Crippen LogP contribution < -0.4 is 14.2 Å². The quantitative estimate of drug-likeness (QED) is 0.197. The molecule has 1 saturated heterocycles. The predicted octanol–water partition coefficient (Wildman–Crippen LogP) is 2.49. The number of hydrogen-bond donors (Lipinski definition) is 5. The maximum atomic E-state index is 13.1. The molecule has 1 saturated carbocycles. The predicted molar refractivity (Wildman–Crippen MR) is 151 cm³/mol. The molecule has 1 aromatic carbocycles. The van der Waals surface area contributed by atoms with Crippen molar-refractivity contribution < 1.29 is 58.1 Å². The number of halogens is 2. The number of carboxylic acids is 1. The van der Waals surface area contributed by atoms with Crippen LogP contribution in [0.5, 0.6) is 17.4 Å². The fourth-order valence-corrected chi connectivity index (χ4v) is 4.90. The number of hydrogen-bond acceptors (Lipinski definition) is 11. The molecule has 0 amide bonds. The summed E-state index contributed by atoms with van der Waals surface area (Å²) in [7, 11) is 0. The smallest absolute Gasteiger partial charge is 0.387 e. The van der Waals surface area contributed by atoms with Crippen molar-refractivity contribution in [3.63, 3.8) is 0 Å². The Morgan fingerprint density at radius 3 is 2.27 bits per heavy atom. The highest BCUT2D eigenvalue weighted by atomic mass is 19.3. The fourth-order valence-electron chi connectivity index (χ4n) is 4.90. The minimum atomic E-state index is -3.03. The van der Waals surface area contributed by atoms with Gasteiger partial charge < -0.3 is 44.5 Å². The van der Waals surface area contributed by atoms with E-state index in [1.165, 1.54) is 18.3 Å². The van der Waals surface area contributed by atoms with Gasteiger partial charge in [0.15, 0.2) is 17.6 Å². The van der Waals surface area contributed by atoms with Gasteiger partial charge in [0, 0.05) is 24.4 Å². The van der Waals surface area contributed by atoms with Gasteiger partial charge >= 0.3 is 12.6 Å². The number of aliphatic hydroxyl groups is 4. The van der Waals surface area contributed by atoms with E-state index >= 15 is 0 Å². The van der Waals surface area contributed by atoms with Crippen LogP contribution in [0.4, 0.5) is 8.78 Å². The standard InChI is InChI=1S/C31H34F2N2O10/c1-31(2,41)22-9-5-17(14-34-22)19(16-4-8-20(43-30(32)33)21(12-16)42-18-6-7-18)11-15-3-10-23(35-13-15)44-29-26(38)24(36)25(37)27(45-29)28(39)40/h3-5,8-10,12-14,18-19,24-27,29-30,36-38,41H,6-7,11H2,1-2H3,(H,39,40)/t19-,24?,25?,26?,27?,29?/m0/s1. The molecule has 45 heavy (non-hydrogen) atoms. The molecule has 0 radical (unpaired) electrons. The number of rotatable bonds is 12. The molecular weight excluding hydrogens is 598 g/mol. The summed E-state index contributed by atoms with van der Waals surface area (Å²) in [6, 6.07) is 11.4. The highest BCUT2D eigenvalue weighted by molar-refractivity contribution is 5.73. The van der Waals surface area contributed by atoms with E-state index < -0.39 is 48.9 Å². The minimum Gasteiger partial charge on any atom is -0.487 e. The fraction of sp³-hybridized carbons (Fsp3) is 0.452. The Bertz CT molecular complexity index is 1460. The molecule has 0 spiro atoms. The van der Waals surface area contributed by atoms with Gasteiger partial charge in [-0.2, -0.15) is 8.78 Å². The lowest BCUT2D eigenvalue weighted by atomic mass is 9.86. The summed E-state index contributed by atoms with van der Waals surface area (Å²) in [6.07, 6.45) is -3.85. The van der Waals surface area contributed by atoms with Crippen LogP contribution in [0.25, 0.3) is 0 Å². The first-order chi connectivity index (χ1) is 21.3. The van der Waals surface area contributed by atoms with Crippen molar-refractivity contribution in [2.45, 2.75) is 88.1 Å². The molecular formula is C31H34F2N2O10. The van der Waals surface area contributed by atoms with E-state index in [9.17, 15) is 39.1 Å². The number of ether oxygens (including phenoxy) is 4. The van der Waals surface area contributed by atoms with Crippen molar-refractivity contribution in [3.8, 4) is 17.4 Å². The van der Waals surface area contributed by atoms with E-state index in [1.807, 2.05) is 6.07 Å². The molecule has 2 aliphatic rings. The van der Waals surface area contributed by atoms with Gasteiger partial charge in [0.25, 0.3) is 0 Å². The van der Waals surface area contributed by atoms with Gasteiger partial charge in [-0.15, -0.1) is 0 Å². The SMILES string of the molecule is CC(C)(O)c1ccc([C@@H](Cc2ccc(OC3OC(C(=O)O)C(O)C(O)C3O)nc2)c2ccc(OC(F)F)c(OC3CC3)c2)cn1. The summed E-state index contributed by atoms with van der Waals surface area (Å²) in [5.74, 6) is -1.84. The normalized spacial score (nSPS) is 24.2. The summed E-state index contributed by atoms with van der Waals surface area (Å²) in [4.78, 5) is 20.1. The van der Waals surface area contributed by atoms with Gasteiger partial charge in [-0.25, -0.2) is 9.78 Å². The molecule has 14 heteroatoms. The Morgan fingerprint density at radius 2 is 1.69 bits per heavy atom. The van der Waals surface area contributed by atoms with E-state index in [0.717, 1.165) is 24.0 Å². The van der Waals surface area contributed by atoms with Crippen molar-refractivity contribution in [2.24, 2.45) is 0 Å². The Hall–Kier alpha value is -3.95. The molecule has 2 fully saturated rings. The van der Waals surface area contributed by atoms with Crippen molar-refractivity contribution in [3.05, 3.63) is 77.2 Å². The highest BCUT2D eigenvalue weighted by Gasteiger charge is 2.48. The Kier molecular flexibility index (Phi) is 9.51. The molecule has 2 aromatic heterocycles. The van der Waals surface area contributed by atoms with Crippen LogP contribution in [0.2, 0.25) is 0 Å². The molecule has 1 aliphatic heterocycles. The molecule has 3 heterocycles. The maximum Gasteiger partial charge on any atom is 0.387 e. The second-order valence-corrected chi connectivity index (χ2v) is 11.6. The number of aliphatic carboxylic acids is 1. The van der Waals surface area contributed by atoms with Crippen molar-refractivity contribution in [1.29, 1.82) is 0 Å².